The van der Waals surface area contributed by atoms with Gasteiger partial charge in [0.15, 0.2) is 0 Å². The van der Waals surface area contributed by atoms with Crippen molar-refractivity contribution >= 4 is 11.9 Å². The van der Waals surface area contributed by atoms with Gasteiger partial charge in [-0.3, -0.25) is 0 Å². The minimum absolute atomic E-state index is 0.381. The minimum Gasteiger partial charge on any atom is -0.465 e. The van der Waals surface area contributed by atoms with Crippen molar-refractivity contribution in [1.29, 1.82) is 5.26 Å². The Kier molecular flexibility index (Phi) is 3.63. The number of amides is 1. The molecule has 1 amide bonds. The fraction of sp³-hybridized carbons (Fsp3) is 0.417. The molecule has 0 atom stereocenters. The van der Waals surface area contributed by atoms with E-state index in [1.165, 1.54) is 4.90 Å². The number of pyridine rings is 1. The summed E-state index contributed by atoms with van der Waals surface area (Å²) < 4.78 is 0. The molecule has 2 heterocycles. The first-order chi connectivity index (χ1) is 8.70. The molecule has 1 N–H and O–H groups in total. The molecule has 0 saturated carbocycles. The second kappa shape index (κ2) is 5.36. The van der Waals surface area contributed by atoms with Crippen LogP contribution in [0.3, 0.4) is 0 Å². The molecule has 0 aromatic carbocycles. The molecule has 0 bridgehead atoms. The lowest BCUT2D eigenvalue weighted by Crippen LogP contribution is -2.34. The third kappa shape index (κ3) is 2.69. The Balaban J connectivity index is 2.10. The fourth-order valence-electron chi connectivity index (χ4n) is 2.00. The zero-order valence-electron chi connectivity index (χ0n) is 9.91. The van der Waals surface area contributed by atoms with E-state index in [1.54, 1.807) is 12.1 Å². The van der Waals surface area contributed by atoms with Gasteiger partial charge in [0, 0.05) is 26.2 Å². The van der Waals surface area contributed by atoms with E-state index in [1.807, 2.05) is 17.0 Å². The van der Waals surface area contributed by atoms with Crippen molar-refractivity contribution < 1.29 is 9.90 Å². The number of nitrogens with zero attached hydrogens (tertiary/aromatic N) is 4. The van der Waals surface area contributed by atoms with E-state index in [4.69, 9.17) is 10.4 Å². The van der Waals surface area contributed by atoms with Crippen molar-refractivity contribution in [3.8, 4) is 6.07 Å². The summed E-state index contributed by atoms with van der Waals surface area (Å²) in [6.07, 6.45) is -0.110. The highest BCUT2D eigenvalue weighted by Gasteiger charge is 2.19. The van der Waals surface area contributed by atoms with Gasteiger partial charge in [0.2, 0.25) is 0 Å². The largest absolute Gasteiger partial charge is 0.465 e. The molecule has 1 aliphatic heterocycles. The maximum absolute atomic E-state index is 10.9. The van der Waals surface area contributed by atoms with E-state index < -0.39 is 6.09 Å². The van der Waals surface area contributed by atoms with Gasteiger partial charge < -0.3 is 14.9 Å². The Labute approximate surface area is 105 Å². The molecule has 1 saturated heterocycles. The lowest BCUT2D eigenvalue weighted by molar-refractivity contribution is 0.148. The molecule has 1 aromatic rings. The standard InChI is InChI=1S/C12H14N4O2/c13-9-10-3-1-4-11(14-10)15-5-2-6-16(8-7-15)12(17)18/h1,3-4H,2,5-8H2,(H,17,18). The number of anilines is 1. The molecular formula is C12H14N4O2. The highest BCUT2D eigenvalue weighted by atomic mass is 16.4. The summed E-state index contributed by atoms with van der Waals surface area (Å²) in [7, 11) is 0. The summed E-state index contributed by atoms with van der Waals surface area (Å²) >= 11 is 0. The third-order valence-electron chi connectivity index (χ3n) is 2.94. The Morgan fingerprint density at radius 2 is 2.17 bits per heavy atom. The number of rotatable bonds is 1. The maximum Gasteiger partial charge on any atom is 0.407 e. The van der Waals surface area contributed by atoms with Crippen LogP contribution >= 0.6 is 0 Å². The normalized spacial score (nSPS) is 15.9. The second-order valence-electron chi connectivity index (χ2n) is 4.10. The van der Waals surface area contributed by atoms with E-state index in [0.717, 1.165) is 18.8 Å². The van der Waals surface area contributed by atoms with Gasteiger partial charge in [-0.2, -0.15) is 5.26 Å². The second-order valence-corrected chi connectivity index (χ2v) is 4.10. The molecule has 6 nitrogen and oxygen atoms in total. The molecule has 2 rings (SSSR count). The van der Waals surface area contributed by atoms with Crippen LogP contribution in [0.15, 0.2) is 18.2 Å². The molecule has 0 spiro atoms. The Bertz CT molecular complexity index is 483. The minimum atomic E-state index is -0.879. The Morgan fingerprint density at radius 1 is 1.33 bits per heavy atom. The quantitative estimate of drug-likeness (QED) is 0.803. The van der Waals surface area contributed by atoms with Crippen LogP contribution in [-0.2, 0) is 0 Å². The van der Waals surface area contributed by atoms with Crippen molar-refractivity contribution in [1.82, 2.24) is 9.88 Å². The van der Waals surface area contributed by atoms with Gasteiger partial charge in [0.1, 0.15) is 17.6 Å². The predicted molar refractivity (Wildman–Crippen MR) is 65.4 cm³/mol. The number of hydrogen-bond donors (Lipinski definition) is 1. The van der Waals surface area contributed by atoms with Crippen LogP contribution in [0.1, 0.15) is 12.1 Å². The van der Waals surface area contributed by atoms with Crippen LogP contribution in [0.4, 0.5) is 10.6 Å². The lowest BCUT2D eigenvalue weighted by atomic mass is 10.3. The summed E-state index contributed by atoms with van der Waals surface area (Å²) in [6.45, 7) is 2.37. The highest BCUT2D eigenvalue weighted by molar-refractivity contribution is 5.65. The molecule has 0 aliphatic carbocycles. The van der Waals surface area contributed by atoms with E-state index >= 15 is 0 Å². The number of carbonyl (C=O) groups is 1. The van der Waals surface area contributed by atoms with Gasteiger partial charge >= 0.3 is 6.09 Å². The zero-order chi connectivity index (χ0) is 13.0. The first kappa shape index (κ1) is 12.2. The van der Waals surface area contributed by atoms with E-state index in [9.17, 15) is 4.79 Å². The number of nitriles is 1. The number of carboxylic acid groups (broad SMARTS) is 1. The molecule has 18 heavy (non-hydrogen) atoms. The molecule has 0 radical (unpaired) electrons. The van der Waals surface area contributed by atoms with Crippen molar-refractivity contribution in [2.75, 3.05) is 31.1 Å². The zero-order valence-corrected chi connectivity index (χ0v) is 9.91. The summed E-state index contributed by atoms with van der Waals surface area (Å²) in [6, 6.07) is 7.30. The van der Waals surface area contributed by atoms with Crippen molar-refractivity contribution in [3.63, 3.8) is 0 Å². The van der Waals surface area contributed by atoms with Crippen LogP contribution < -0.4 is 4.90 Å². The van der Waals surface area contributed by atoms with Crippen molar-refractivity contribution in [2.24, 2.45) is 0 Å². The van der Waals surface area contributed by atoms with Gasteiger partial charge in [0.25, 0.3) is 0 Å². The molecule has 1 aromatic heterocycles. The number of aromatic nitrogens is 1. The van der Waals surface area contributed by atoms with Crippen LogP contribution in [0, 0.1) is 11.3 Å². The summed E-state index contributed by atoms with van der Waals surface area (Å²) in [5, 5.41) is 17.8. The topological polar surface area (TPSA) is 80.5 Å². The fourth-order valence-corrected chi connectivity index (χ4v) is 2.00. The van der Waals surface area contributed by atoms with Crippen LogP contribution in [0.5, 0.6) is 0 Å². The van der Waals surface area contributed by atoms with Gasteiger partial charge in [-0.25, -0.2) is 9.78 Å². The Hall–Kier alpha value is -2.29. The Morgan fingerprint density at radius 3 is 2.89 bits per heavy atom. The smallest absolute Gasteiger partial charge is 0.407 e. The van der Waals surface area contributed by atoms with E-state index in [-0.39, 0.29) is 0 Å². The monoisotopic (exact) mass is 246 g/mol. The summed E-state index contributed by atoms with van der Waals surface area (Å²) in [5.41, 5.74) is 0.381. The highest BCUT2D eigenvalue weighted by Crippen LogP contribution is 2.14. The van der Waals surface area contributed by atoms with E-state index in [0.29, 0.717) is 25.3 Å². The first-order valence-electron chi connectivity index (χ1n) is 5.80. The third-order valence-corrected chi connectivity index (χ3v) is 2.94. The van der Waals surface area contributed by atoms with Gasteiger partial charge in [-0.15, -0.1) is 0 Å². The molecular weight excluding hydrogens is 232 g/mol. The average molecular weight is 246 g/mol. The van der Waals surface area contributed by atoms with E-state index in [2.05, 4.69) is 4.98 Å². The SMILES string of the molecule is N#Cc1cccc(N2CCCN(C(=O)O)CC2)n1. The maximum atomic E-state index is 10.9. The summed E-state index contributed by atoms with van der Waals surface area (Å²) in [4.78, 5) is 18.6. The van der Waals surface area contributed by atoms with Gasteiger partial charge in [-0.1, -0.05) is 6.07 Å². The van der Waals surface area contributed by atoms with Gasteiger partial charge in [-0.05, 0) is 18.6 Å². The van der Waals surface area contributed by atoms with Crippen LogP contribution in [-0.4, -0.2) is 47.3 Å². The molecule has 0 unspecified atom stereocenters. The van der Waals surface area contributed by atoms with Gasteiger partial charge in [0.05, 0.1) is 0 Å². The average Bonchev–Trinajstić information content (AvgIpc) is 2.64. The molecule has 1 aliphatic rings. The predicted octanol–water partition coefficient (Wildman–Crippen LogP) is 1.14. The summed E-state index contributed by atoms with van der Waals surface area (Å²) in [5.74, 6) is 0.737. The van der Waals surface area contributed by atoms with Crippen molar-refractivity contribution in [2.45, 2.75) is 6.42 Å². The number of hydrogen-bond acceptors (Lipinski definition) is 4. The van der Waals surface area contributed by atoms with Crippen LogP contribution in [0.2, 0.25) is 0 Å². The molecule has 1 fully saturated rings. The molecule has 94 valence electrons. The first-order valence-corrected chi connectivity index (χ1v) is 5.80. The van der Waals surface area contributed by atoms with Crippen molar-refractivity contribution in [3.05, 3.63) is 23.9 Å². The molecule has 6 heteroatoms. The van der Waals surface area contributed by atoms with Crippen LogP contribution in [0.25, 0.3) is 0 Å². The lowest BCUT2D eigenvalue weighted by Gasteiger charge is -2.21.